The molecule has 3 N–H and O–H groups in total. The highest BCUT2D eigenvalue weighted by Gasteiger charge is 2.24. The quantitative estimate of drug-likeness (QED) is 0.643. The van der Waals surface area contributed by atoms with E-state index in [2.05, 4.69) is 11.8 Å². The van der Waals surface area contributed by atoms with E-state index in [1.165, 1.54) is 0 Å². The molecule has 1 rings (SSSR count). The number of hydrogen-bond acceptors (Lipinski definition) is 4. The van der Waals surface area contributed by atoms with E-state index in [1.54, 1.807) is 0 Å². The molecule has 82 valence electrons. The molecule has 0 bridgehead atoms. The van der Waals surface area contributed by atoms with Crippen LogP contribution in [0.2, 0.25) is 0 Å². The molecular formula is C9H18N2O3. The van der Waals surface area contributed by atoms with E-state index in [0.717, 1.165) is 19.6 Å². The third-order valence-electron chi connectivity index (χ3n) is 2.50. The first-order valence-electron chi connectivity index (χ1n) is 4.95. The standard InChI is InChI=1S/C9H18N2O3/c1-2-11-3-4-14-7(6-11)5-8(10)9(12)13/h7-8H,2-6,10H2,1H3,(H,12,13)/t7?,8-/m1/s1. The molecule has 1 aliphatic rings. The van der Waals surface area contributed by atoms with Gasteiger partial charge in [-0.05, 0) is 6.54 Å². The lowest BCUT2D eigenvalue weighted by Crippen LogP contribution is -2.45. The minimum atomic E-state index is -0.956. The minimum absolute atomic E-state index is 0.0326. The molecule has 0 aromatic heterocycles. The van der Waals surface area contributed by atoms with Crippen LogP contribution in [0.25, 0.3) is 0 Å². The average molecular weight is 202 g/mol. The van der Waals surface area contributed by atoms with Gasteiger partial charge in [0.15, 0.2) is 0 Å². The lowest BCUT2D eigenvalue weighted by Gasteiger charge is -2.32. The summed E-state index contributed by atoms with van der Waals surface area (Å²) in [6, 6.07) is -0.809. The number of aliphatic carboxylic acids is 1. The van der Waals surface area contributed by atoms with Gasteiger partial charge in [0.2, 0.25) is 0 Å². The summed E-state index contributed by atoms with van der Waals surface area (Å²) in [5.41, 5.74) is 5.44. The predicted molar refractivity (Wildman–Crippen MR) is 52.1 cm³/mol. The molecule has 1 heterocycles. The van der Waals surface area contributed by atoms with Crippen LogP contribution in [0.15, 0.2) is 0 Å². The molecule has 2 atom stereocenters. The van der Waals surface area contributed by atoms with Gasteiger partial charge in [-0.3, -0.25) is 9.69 Å². The van der Waals surface area contributed by atoms with Gasteiger partial charge in [-0.15, -0.1) is 0 Å². The molecule has 1 fully saturated rings. The average Bonchev–Trinajstić information content (AvgIpc) is 2.18. The van der Waals surface area contributed by atoms with E-state index in [4.69, 9.17) is 15.6 Å². The highest BCUT2D eigenvalue weighted by molar-refractivity contribution is 5.73. The third kappa shape index (κ3) is 3.25. The summed E-state index contributed by atoms with van der Waals surface area (Å²) in [5.74, 6) is -0.956. The van der Waals surface area contributed by atoms with Crippen molar-refractivity contribution in [2.45, 2.75) is 25.5 Å². The van der Waals surface area contributed by atoms with Crippen molar-refractivity contribution in [1.29, 1.82) is 0 Å². The van der Waals surface area contributed by atoms with E-state index >= 15 is 0 Å². The summed E-state index contributed by atoms with van der Waals surface area (Å²) in [5, 5.41) is 8.64. The SMILES string of the molecule is CCN1CCOC(C[C@@H](N)C(=O)O)C1. The van der Waals surface area contributed by atoms with Gasteiger partial charge in [0.1, 0.15) is 6.04 Å². The zero-order valence-electron chi connectivity index (χ0n) is 8.48. The number of nitrogens with two attached hydrogens (primary N) is 1. The van der Waals surface area contributed by atoms with Crippen molar-refractivity contribution in [1.82, 2.24) is 4.90 Å². The van der Waals surface area contributed by atoms with Crippen molar-refractivity contribution in [3.8, 4) is 0 Å². The van der Waals surface area contributed by atoms with Crippen molar-refractivity contribution < 1.29 is 14.6 Å². The highest BCUT2D eigenvalue weighted by atomic mass is 16.5. The molecule has 0 amide bonds. The smallest absolute Gasteiger partial charge is 0.320 e. The molecular weight excluding hydrogens is 184 g/mol. The number of carboxylic acid groups (broad SMARTS) is 1. The number of carbonyl (C=O) groups is 1. The second-order valence-electron chi connectivity index (χ2n) is 3.57. The number of likely N-dealkylation sites (N-methyl/N-ethyl adjacent to an activating group) is 1. The minimum Gasteiger partial charge on any atom is -0.480 e. The first-order valence-corrected chi connectivity index (χ1v) is 4.95. The van der Waals surface area contributed by atoms with Crippen LogP contribution in [0.3, 0.4) is 0 Å². The molecule has 1 aliphatic heterocycles. The molecule has 0 aromatic carbocycles. The first-order chi connectivity index (χ1) is 6.63. The Morgan fingerprint density at radius 3 is 3.07 bits per heavy atom. The summed E-state index contributed by atoms with van der Waals surface area (Å²) >= 11 is 0. The zero-order chi connectivity index (χ0) is 10.6. The van der Waals surface area contributed by atoms with Crippen LogP contribution in [0, 0.1) is 0 Å². The largest absolute Gasteiger partial charge is 0.480 e. The monoisotopic (exact) mass is 202 g/mol. The summed E-state index contributed by atoms with van der Waals surface area (Å²) in [6.07, 6.45) is 0.362. The van der Waals surface area contributed by atoms with Gasteiger partial charge in [-0.2, -0.15) is 0 Å². The van der Waals surface area contributed by atoms with Crippen LogP contribution in [0.4, 0.5) is 0 Å². The summed E-state index contributed by atoms with van der Waals surface area (Å²) < 4.78 is 5.45. The van der Waals surface area contributed by atoms with Gasteiger partial charge in [-0.1, -0.05) is 6.92 Å². The second-order valence-corrected chi connectivity index (χ2v) is 3.57. The number of nitrogens with zero attached hydrogens (tertiary/aromatic N) is 1. The maximum absolute atomic E-state index is 10.5. The van der Waals surface area contributed by atoms with Crippen LogP contribution in [0.5, 0.6) is 0 Å². The highest BCUT2D eigenvalue weighted by Crippen LogP contribution is 2.09. The number of carboxylic acids is 1. The fourth-order valence-electron chi connectivity index (χ4n) is 1.59. The molecule has 0 aliphatic carbocycles. The van der Waals surface area contributed by atoms with Gasteiger partial charge in [0, 0.05) is 19.5 Å². The molecule has 1 unspecified atom stereocenters. The molecule has 0 radical (unpaired) electrons. The molecule has 1 saturated heterocycles. The zero-order valence-corrected chi connectivity index (χ0v) is 8.48. The number of rotatable bonds is 4. The van der Waals surface area contributed by atoms with Gasteiger partial charge in [0.25, 0.3) is 0 Å². The molecule has 0 spiro atoms. The maximum Gasteiger partial charge on any atom is 0.320 e. The van der Waals surface area contributed by atoms with Crippen LogP contribution < -0.4 is 5.73 Å². The fourth-order valence-corrected chi connectivity index (χ4v) is 1.59. The number of hydrogen-bond donors (Lipinski definition) is 2. The van der Waals surface area contributed by atoms with Gasteiger partial charge in [0.05, 0.1) is 12.7 Å². The van der Waals surface area contributed by atoms with Crippen LogP contribution >= 0.6 is 0 Å². The molecule has 14 heavy (non-hydrogen) atoms. The van der Waals surface area contributed by atoms with E-state index < -0.39 is 12.0 Å². The van der Waals surface area contributed by atoms with Crippen LogP contribution in [-0.2, 0) is 9.53 Å². The Morgan fingerprint density at radius 2 is 2.50 bits per heavy atom. The Kier molecular flexibility index (Phi) is 4.31. The van der Waals surface area contributed by atoms with Gasteiger partial charge < -0.3 is 15.6 Å². The van der Waals surface area contributed by atoms with Crippen molar-refractivity contribution in [3.05, 3.63) is 0 Å². The van der Waals surface area contributed by atoms with Crippen molar-refractivity contribution in [2.75, 3.05) is 26.2 Å². The second kappa shape index (κ2) is 5.29. The Morgan fingerprint density at radius 1 is 1.79 bits per heavy atom. The van der Waals surface area contributed by atoms with E-state index in [9.17, 15) is 4.79 Å². The molecule has 0 aromatic rings. The molecule has 5 heteroatoms. The predicted octanol–water partition coefficient (Wildman–Crippen LogP) is -0.491. The summed E-state index contributed by atoms with van der Waals surface area (Å²) in [6.45, 7) is 5.44. The molecule has 5 nitrogen and oxygen atoms in total. The fraction of sp³-hybridized carbons (Fsp3) is 0.889. The lowest BCUT2D eigenvalue weighted by atomic mass is 10.1. The van der Waals surface area contributed by atoms with Crippen LogP contribution in [-0.4, -0.2) is 54.4 Å². The summed E-state index contributed by atoms with van der Waals surface area (Å²) in [7, 11) is 0. The van der Waals surface area contributed by atoms with Gasteiger partial charge in [-0.25, -0.2) is 0 Å². The summed E-state index contributed by atoms with van der Waals surface area (Å²) in [4.78, 5) is 12.8. The Labute approximate surface area is 83.8 Å². The van der Waals surface area contributed by atoms with Crippen molar-refractivity contribution >= 4 is 5.97 Å². The Hall–Kier alpha value is -0.650. The Balaban J connectivity index is 2.33. The van der Waals surface area contributed by atoms with Crippen LogP contribution in [0.1, 0.15) is 13.3 Å². The number of morpholine rings is 1. The normalized spacial score (nSPS) is 26.0. The van der Waals surface area contributed by atoms with Gasteiger partial charge >= 0.3 is 5.97 Å². The Bertz CT molecular complexity index is 198. The molecule has 0 saturated carbocycles. The van der Waals surface area contributed by atoms with Crippen molar-refractivity contribution in [3.63, 3.8) is 0 Å². The number of ether oxygens (including phenoxy) is 1. The van der Waals surface area contributed by atoms with E-state index in [1.807, 2.05) is 0 Å². The third-order valence-corrected chi connectivity index (χ3v) is 2.50. The van der Waals surface area contributed by atoms with E-state index in [-0.39, 0.29) is 6.10 Å². The van der Waals surface area contributed by atoms with E-state index in [0.29, 0.717) is 13.0 Å². The van der Waals surface area contributed by atoms with Crippen molar-refractivity contribution in [2.24, 2.45) is 5.73 Å². The maximum atomic E-state index is 10.5. The first kappa shape index (κ1) is 11.4. The lowest BCUT2D eigenvalue weighted by molar-refractivity contribution is -0.140. The topological polar surface area (TPSA) is 75.8 Å².